The number of rotatable bonds is 4. The maximum atomic E-state index is 12.9. The summed E-state index contributed by atoms with van der Waals surface area (Å²) in [5.41, 5.74) is 6.91. The van der Waals surface area contributed by atoms with E-state index in [4.69, 9.17) is 23.2 Å². The summed E-state index contributed by atoms with van der Waals surface area (Å²) in [6, 6.07) is 25.7. The van der Waals surface area contributed by atoms with E-state index in [2.05, 4.69) is 35.2 Å². The van der Waals surface area contributed by atoms with Crippen LogP contribution in [0.4, 0.5) is 17.1 Å². The Morgan fingerprint density at radius 1 is 0.622 bits per heavy atom. The van der Waals surface area contributed by atoms with Gasteiger partial charge in [-0.3, -0.25) is 4.79 Å². The predicted octanol–water partition coefficient (Wildman–Crippen LogP) is 6.33. The number of para-hydroxylation sites is 4. The predicted molar refractivity (Wildman–Crippen MR) is 147 cm³/mol. The number of carbonyl (C=O) groups excluding carboxylic acids is 1. The van der Waals surface area contributed by atoms with Crippen molar-refractivity contribution in [3.05, 3.63) is 112 Å². The average Bonchev–Trinajstić information content (AvgIpc) is 3.49. The first-order valence-corrected chi connectivity index (χ1v) is 12.1. The number of fused-ring (bicyclic) bond motifs is 2. The second-order valence-electron chi connectivity index (χ2n) is 8.30. The fourth-order valence-electron chi connectivity index (χ4n) is 3.95. The van der Waals surface area contributed by atoms with Crippen molar-refractivity contribution in [2.24, 2.45) is 9.98 Å². The number of aromatic amines is 4. The molecule has 0 bridgehead atoms. The normalized spacial score (nSPS) is 11.1. The smallest absolute Gasteiger partial charge is 0.255 e. The van der Waals surface area contributed by atoms with Crippen molar-refractivity contribution < 1.29 is 4.79 Å². The number of hydrogen-bond donors (Lipinski definition) is 5. The Morgan fingerprint density at radius 2 is 1.08 bits per heavy atom. The second-order valence-corrected chi connectivity index (χ2v) is 9.11. The molecule has 2 heterocycles. The maximum absolute atomic E-state index is 12.9. The van der Waals surface area contributed by atoms with Gasteiger partial charge in [-0.1, -0.05) is 47.5 Å². The van der Waals surface area contributed by atoms with Gasteiger partial charge in [-0.25, -0.2) is 9.98 Å². The van der Waals surface area contributed by atoms with Crippen molar-refractivity contribution in [2.75, 3.05) is 5.32 Å². The molecule has 0 saturated carbocycles. The molecular weight excluding hydrogens is 509 g/mol. The number of imidazole rings is 2. The van der Waals surface area contributed by atoms with Gasteiger partial charge < -0.3 is 25.3 Å². The van der Waals surface area contributed by atoms with Crippen LogP contribution in [0.25, 0.3) is 22.1 Å². The van der Waals surface area contributed by atoms with Crippen LogP contribution in [0.5, 0.6) is 0 Å². The quantitative estimate of drug-likeness (QED) is 0.181. The minimum atomic E-state index is -0.324. The van der Waals surface area contributed by atoms with Crippen molar-refractivity contribution >= 4 is 68.2 Å². The van der Waals surface area contributed by atoms with Crippen LogP contribution in [0.15, 0.2) is 94.9 Å². The topological polar surface area (TPSA) is 117 Å². The summed E-state index contributed by atoms with van der Waals surface area (Å²) < 4.78 is 0. The van der Waals surface area contributed by atoms with Crippen molar-refractivity contribution in [1.29, 1.82) is 0 Å². The molecule has 1 amide bonds. The molecule has 2 aromatic heterocycles. The van der Waals surface area contributed by atoms with Crippen LogP contribution in [-0.2, 0) is 0 Å². The molecule has 10 heteroatoms. The Labute approximate surface area is 219 Å². The number of H-pyrrole nitrogens is 4. The molecule has 5 N–H and O–H groups in total. The van der Waals surface area contributed by atoms with E-state index in [9.17, 15) is 4.79 Å². The molecule has 4 aromatic carbocycles. The molecule has 0 aliphatic rings. The van der Waals surface area contributed by atoms with E-state index < -0.39 is 0 Å². The van der Waals surface area contributed by atoms with Gasteiger partial charge in [0.15, 0.2) is 0 Å². The molecule has 0 saturated heterocycles. The fourth-order valence-corrected chi connectivity index (χ4v) is 4.39. The summed E-state index contributed by atoms with van der Waals surface area (Å²) in [7, 11) is 0. The third-order valence-electron chi connectivity index (χ3n) is 5.75. The van der Waals surface area contributed by atoms with Crippen LogP contribution in [0.3, 0.4) is 0 Å². The molecule has 0 unspecified atom stereocenters. The van der Waals surface area contributed by atoms with Gasteiger partial charge in [0.25, 0.3) is 5.91 Å². The molecule has 0 spiro atoms. The van der Waals surface area contributed by atoms with E-state index in [0.29, 0.717) is 43.9 Å². The molecule has 0 fully saturated rings. The summed E-state index contributed by atoms with van der Waals surface area (Å²) in [4.78, 5) is 34.7. The van der Waals surface area contributed by atoms with E-state index in [1.165, 1.54) is 0 Å². The summed E-state index contributed by atoms with van der Waals surface area (Å²) in [6.07, 6.45) is 0. The van der Waals surface area contributed by atoms with Crippen LogP contribution in [0.2, 0.25) is 10.0 Å². The van der Waals surface area contributed by atoms with Crippen LogP contribution in [0, 0.1) is 0 Å². The lowest BCUT2D eigenvalue weighted by Gasteiger charge is -2.08. The third-order valence-corrected chi connectivity index (χ3v) is 6.35. The number of carbonyl (C=O) groups is 1. The molecule has 0 aliphatic heterocycles. The summed E-state index contributed by atoms with van der Waals surface area (Å²) in [5.74, 6) is -0.324. The van der Waals surface area contributed by atoms with Gasteiger partial charge in [0, 0.05) is 11.3 Å². The van der Waals surface area contributed by atoms with E-state index >= 15 is 0 Å². The van der Waals surface area contributed by atoms with E-state index in [0.717, 1.165) is 22.1 Å². The fraction of sp³-hybridized carbons (Fsp3) is 0. The average molecular weight is 528 g/mol. The summed E-state index contributed by atoms with van der Waals surface area (Å²) in [6.45, 7) is 0. The summed E-state index contributed by atoms with van der Waals surface area (Å²) >= 11 is 12.9. The number of anilines is 1. The molecular formula is C27H19Cl2N7O. The van der Waals surface area contributed by atoms with Gasteiger partial charge in [-0.15, -0.1) is 0 Å². The molecule has 0 atom stereocenters. The third kappa shape index (κ3) is 4.80. The zero-order valence-corrected chi connectivity index (χ0v) is 20.7. The molecule has 8 nitrogen and oxygen atoms in total. The van der Waals surface area contributed by atoms with Gasteiger partial charge in [-0.2, -0.15) is 0 Å². The number of benzene rings is 4. The van der Waals surface area contributed by atoms with Crippen LogP contribution in [-0.4, -0.2) is 25.8 Å². The molecule has 37 heavy (non-hydrogen) atoms. The lowest BCUT2D eigenvalue weighted by Crippen LogP contribution is -2.12. The maximum Gasteiger partial charge on any atom is 0.255 e. The van der Waals surface area contributed by atoms with Crippen molar-refractivity contribution in [2.45, 2.75) is 0 Å². The van der Waals surface area contributed by atoms with Crippen molar-refractivity contribution in [1.82, 2.24) is 19.9 Å². The highest BCUT2D eigenvalue weighted by Crippen LogP contribution is 2.29. The van der Waals surface area contributed by atoms with Gasteiger partial charge in [0.2, 0.25) is 11.2 Å². The Morgan fingerprint density at radius 3 is 1.54 bits per heavy atom. The second kappa shape index (κ2) is 9.50. The van der Waals surface area contributed by atoms with Crippen molar-refractivity contribution in [3.8, 4) is 0 Å². The number of amides is 1. The zero-order chi connectivity index (χ0) is 25.4. The lowest BCUT2D eigenvalue weighted by molar-refractivity contribution is 0.102. The highest BCUT2D eigenvalue weighted by Gasteiger charge is 2.11. The molecule has 6 rings (SSSR count). The number of nitrogens with one attached hydrogen (secondary N) is 5. The molecule has 0 radical (unpaired) electrons. The van der Waals surface area contributed by atoms with E-state index in [1.54, 1.807) is 36.4 Å². The molecule has 0 aliphatic carbocycles. The van der Waals surface area contributed by atoms with E-state index in [1.807, 2.05) is 48.5 Å². The Kier molecular flexibility index (Phi) is 5.88. The Balaban J connectivity index is 1.20. The molecule has 182 valence electrons. The largest absolute Gasteiger partial charge is 0.324 e. The first kappa shape index (κ1) is 22.9. The number of halogens is 2. The van der Waals surface area contributed by atoms with Crippen molar-refractivity contribution in [3.63, 3.8) is 0 Å². The highest BCUT2D eigenvalue weighted by atomic mass is 35.5. The number of nitrogens with zero attached hydrogens (tertiary/aromatic N) is 2. The molecule has 6 aromatic rings. The lowest BCUT2D eigenvalue weighted by atomic mass is 10.2. The Bertz CT molecular complexity index is 1850. The van der Waals surface area contributed by atoms with Gasteiger partial charge in [0.05, 0.1) is 43.5 Å². The summed E-state index contributed by atoms with van der Waals surface area (Å²) in [5, 5.41) is 3.59. The Hall–Kier alpha value is -4.53. The first-order chi connectivity index (χ1) is 18.0. The number of aromatic nitrogens is 4. The van der Waals surface area contributed by atoms with Crippen LogP contribution in [0.1, 0.15) is 10.4 Å². The van der Waals surface area contributed by atoms with Crippen LogP contribution < -0.4 is 16.6 Å². The zero-order valence-electron chi connectivity index (χ0n) is 19.1. The monoisotopic (exact) mass is 527 g/mol. The minimum absolute atomic E-state index is 0.324. The van der Waals surface area contributed by atoms with Gasteiger partial charge in [-0.05, 0) is 60.7 Å². The first-order valence-electron chi connectivity index (χ1n) is 11.4. The van der Waals surface area contributed by atoms with Crippen LogP contribution >= 0.6 is 23.2 Å². The highest BCUT2D eigenvalue weighted by molar-refractivity contribution is 6.34. The minimum Gasteiger partial charge on any atom is -0.324 e. The van der Waals surface area contributed by atoms with Gasteiger partial charge in [0.1, 0.15) is 0 Å². The van der Waals surface area contributed by atoms with Gasteiger partial charge >= 0.3 is 0 Å². The SMILES string of the molecule is O=C(Nc1ccc(N=c2[nH]c3ccccc3[nH]2)c(Cl)c1)c1ccc(N=c2[nH]c3ccccc3[nH]2)c(Cl)c1. The van der Waals surface area contributed by atoms with E-state index in [-0.39, 0.29) is 5.91 Å². The number of hydrogen-bond acceptors (Lipinski definition) is 3. The standard InChI is InChI=1S/C27H19Cl2N7O/c28-17-13-15(9-11-19(17)31-26-33-21-5-1-2-6-22(21)34-26)25(37)30-16-10-12-20(18(29)14-16)32-27-35-23-7-3-4-8-24(23)36-27/h1-14H,(H,30,37)(H2,31,33,34)(H2,32,35,36).